The number of aliphatic hydroxyl groups excluding tert-OH is 2. The zero-order valence-corrected chi connectivity index (χ0v) is 16.4. The van der Waals surface area contributed by atoms with Gasteiger partial charge in [-0.2, -0.15) is 5.10 Å². The molecule has 0 spiro atoms. The molecule has 0 radical (unpaired) electrons. The minimum atomic E-state index is -0.895. The van der Waals surface area contributed by atoms with Gasteiger partial charge in [0.2, 0.25) is 0 Å². The second-order valence-corrected chi connectivity index (χ2v) is 8.42. The van der Waals surface area contributed by atoms with Crippen LogP contribution in [0.3, 0.4) is 0 Å². The molecule has 11 heteroatoms. The lowest BCUT2D eigenvalue weighted by Gasteiger charge is -2.28. The van der Waals surface area contributed by atoms with Gasteiger partial charge in [-0.25, -0.2) is 9.38 Å². The van der Waals surface area contributed by atoms with E-state index < -0.39 is 24.3 Å². The number of hydrogen-bond acceptors (Lipinski definition) is 8. The number of halogens is 2. The lowest BCUT2D eigenvalue weighted by Crippen LogP contribution is -2.53. The zero-order chi connectivity index (χ0) is 20.5. The van der Waals surface area contributed by atoms with E-state index in [4.69, 9.17) is 11.6 Å². The number of rotatable bonds is 5. The summed E-state index contributed by atoms with van der Waals surface area (Å²) in [6.07, 6.45) is 2.49. The summed E-state index contributed by atoms with van der Waals surface area (Å²) in [5, 5.41) is 29.6. The van der Waals surface area contributed by atoms with Crippen molar-refractivity contribution in [3.05, 3.63) is 11.9 Å². The number of amidine groups is 1. The fourth-order valence-corrected chi connectivity index (χ4v) is 4.62. The van der Waals surface area contributed by atoms with Crippen molar-refractivity contribution in [1.82, 2.24) is 16.1 Å². The number of aliphatic hydroxyl groups is 2. The molecule has 2 aliphatic carbocycles. The Balaban J connectivity index is 1.38. The second-order valence-electron chi connectivity index (χ2n) is 7.86. The topological polar surface area (TPSA) is 131 Å². The number of aliphatic imine (C=N–C) groups is 2. The van der Waals surface area contributed by atoms with E-state index in [1.165, 1.54) is 12.4 Å². The van der Waals surface area contributed by atoms with E-state index in [9.17, 15) is 19.4 Å². The van der Waals surface area contributed by atoms with Crippen LogP contribution in [0.4, 0.5) is 4.39 Å². The molecule has 4 aliphatic rings. The monoisotopic (exact) mass is 426 g/mol. The molecule has 29 heavy (non-hydrogen) atoms. The number of carbonyl (C=O) groups is 1. The van der Waals surface area contributed by atoms with Crippen LogP contribution in [0.2, 0.25) is 0 Å². The molecule has 0 saturated heterocycles. The van der Waals surface area contributed by atoms with Gasteiger partial charge in [-0.15, -0.1) is 11.6 Å². The number of hydrazone groups is 1. The Bertz CT molecular complexity index is 788. The van der Waals surface area contributed by atoms with Crippen LogP contribution in [0, 0.1) is 11.8 Å². The predicted molar refractivity (Wildman–Crippen MR) is 107 cm³/mol. The highest BCUT2D eigenvalue weighted by atomic mass is 35.5. The summed E-state index contributed by atoms with van der Waals surface area (Å²) in [6.45, 7) is 0.288. The number of amides is 1. The lowest BCUT2D eigenvalue weighted by molar-refractivity contribution is -0.115. The molecular formula is C18H24ClFN6O3. The number of carbonyl (C=O) groups excluding carboxylic acids is 1. The molecule has 2 heterocycles. The van der Waals surface area contributed by atoms with Gasteiger partial charge in [0.1, 0.15) is 30.0 Å². The lowest BCUT2D eigenvalue weighted by atomic mass is 9.92. The fourth-order valence-electron chi connectivity index (χ4n) is 4.23. The van der Waals surface area contributed by atoms with Crippen LogP contribution in [0.5, 0.6) is 0 Å². The Labute approximate surface area is 172 Å². The van der Waals surface area contributed by atoms with Crippen molar-refractivity contribution in [3.8, 4) is 0 Å². The van der Waals surface area contributed by atoms with Crippen LogP contribution in [0.25, 0.3) is 0 Å². The molecule has 9 nitrogen and oxygen atoms in total. The highest BCUT2D eigenvalue weighted by Gasteiger charge is 2.43. The first-order valence-electron chi connectivity index (χ1n) is 9.76. The molecule has 7 atom stereocenters. The van der Waals surface area contributed by atoms with E-state index in [0.717, 1.165) is 0 Å². The summed E-state index contributed by atoms with van der Waals surface area (Å²) in [5.74, 6) is -0.766. The maximum Gasteiger partial charge on any atom is 0.268 e. The highest BCUT2D eigenvalue weighted by Crippen LogP contribution is 2.28. The maximum absolute atomic E-state index is 13.6. The van der Waals surface area contributed by atoms with Crippen molar-refractivity contribution >= 4 is 35.4 Å². The number of nitrogens with zero attached hydrogens (tertiary/aromatic N) is 3. The highest BCUT2D eigenvalue weighted by molar-refractivity contribution is 6.45. The number of nitrogens with one attached hydrogen (secondary N) is 3. The van der Waals surface area contributed by atoms with Crippen LogP contribution in [0.1, 0.15) is 25.7 Å². The van der Waals surface area contributed by atoms with Gasteiger partial charge >= 0.3 is 0 Å². The van der Waals surface area contributed by atoms with Crippen molar-refractivity contribution in [2.75, 3.05) is 6.54 Å². The summed E-state index contributed by atoms with van der Waals surface area (Å²) < 4.78 is 13.6. The van der Waals surface area contributed by atoms with Gasteiger partial charge in [0.25, 0.3) is 5.91 Å². The summed E-state index contributed by atoms with van der Waals surface area (Å²) in [6, 6.07) is -0.339. The van der Waals surface area contributed by atoms with Crippen molar-refractivity contribution in [2.24, 2.45) is 26.9 Å². The van der Waals surface area contributed by atoms with Crippen molar-refractivity contribution < 1.29 is 19.4 Å². The minimum Gasteiger partial charge on any atom is -0.390 e. The zero-order valence-electron chi connectivity index (χ0n) is 15.6. The van der Waals surface area contributed by atoms with Gasteiger partial charge in [-0.1, -0.05) is 0 Å². The van der Waals surface area contributed by atoms with Crippen LogP contribution in [-0.4, -0.2) is 70.3 Å². The average molecular weight is 427 g/mol. The third kappa shape index (κ3) is 4.35. The molecule has 0 aromatic carbocycles. The molecule has 1 saturated carbocycles. The first-order valence-corrected chi connectivity index (χ1v) is 10.2. The standard InChI is InChI=1S/C18H24ClFN6O3/c19-9-3-8(4-10(20)5-9)6-21-18(29)14-13-16(22-7-23-17(13)26-25-14)24-11-1-2-12(27)15(11)28/h5,7-9,11-13,15-16,24,27-28H,1-4,6H2,(H,21,29)(H,22,23,26)/t8?,9?,11-,12-,13?,15+,16?/m1/s1. The minimum absolute atomic E-state index is 0.0806. The molecular weight excluding hydrogens is 403 g/mol. The van der Waals surface area contributed by atoms with E-state index >= 15 is 0 Å². The van der Waals surface area contributed by atoms with E-state index in [1.54, 1.807) is 0 Å². The average Bonchev–Trinajstić information content (AvgIpc) is 3.25. The Kier molecular flexibility index (Phi) is 5.95. The first kappa shape index (κ1) is 20.4. The third-order valence-electron chi connectivity index (χ3n) is 5.77. The van der Waals surface area contributed by atoms with Crippen LogP contribution >= 0.6 is 11.6 Å². The van der Waals surface area contributed by atoms with E-state index in [-0.39, 0.29) is 47.7 Å². The van der Waals surface area contributed by atoms with Gasteiger partial charge in [-0.05, 0) is 31.3 Å². The molecule has 5 N–H and O–H groups in total. The molecule has 0 aromatic rings. The molecule has 158 valence electrons. The summed E-state index contributed by atoms with van der Waals surface area (Å²) in [7, 11) is 0. The van der Waals surface area contributed by atoms with Gasteiger partial charge in [-0.3, -0.25) is 20.5 Å². The van der Waals surface area contributed by atoms with Crippen LogP contribution in [0.15, 0.2) is 27.0 Å². The number of fused-ring (bicyclic) bond motifs is 1. The van der Waals surface area contributed by atoms with Gasteiger partial charge < -0.3 is 15.5 Å². The molecule has 0 bridgehead atoms. The summed E-state index contributed by atoms with van der Waals surface area (Å²) in [4.78, 5) is 21.2. The van der Waals surface area contributed by atoms with Gasteiger partial charge in [0.05, 0.1) is 23.4 Å². The van der Waals surface area contributed by atoms with Crippen molar-refractivity contribution in [3.63, 3.8) is 0 Å². The Morgan fingerprint density at radius 2 is 2.21 bits per heavy atom. The number of hydrogen-bond donors (Lipinski definition) is 5. The number of alkyl halides is 1. The predicted octanol–water partition coefficient (Wildman–Crippen LogP) is -0.211. The third-order valence-corrected chi connectivity index (χ3v) is 6.08. The number of allylic oxidation sites excluding steroid dienone is 2. The molecule has 4 unspecified atom stereocenters. The van der Waals surface area contributed by atoms with Crippen molar-refractivity contribution in [1.29, 1.82) is 0 Å². The van der Waals surface area contributed by atoms with Crippen LogP contribution in [-0.2, 0) is 4.79 Å². The van der Waals surface area contributed by atoms with Gasteiger partial charge in [0, 0.05) is 19.0 Å². The van der Waals surface area contributed by atoms with Crippen molar-refractivity contribution in [2.45, 2.75) is 55.5 Å². The quantitative estimate of drug-likeness (QED) is 0.388. The first-order chi connectivity index (χ1) is 13.9. The van der Waals surface area contributed by atoms with E-state index in [0.29, 0.717) is 25.1 Å². The van der Waals surface area contributed by atoms with Crippen LogP contribution < -0.4 is 16.1 Å². The smallest absolute Gasteiger partial charge is 0.268 e. The maximum atomic E-state index is 13.6. The Morgan fingerprint density at radius 1 is 1.38 bits per heavy atom. The van der Waals surface area contributed by atoms with Gasteiger partial charge in [0.15, 0.2) is 0 Å². The largest absolute Gasteiger partial charge is 0.390 e. The summed E-state index contributed by atoms with van der Waals surface area (Å²) in [5.41, 5.74) is 2.98. The fraction of sp³-hybridized carbons (Fsp3) is 0.667. The molecule has 1 amide bonds. The molecule has 2 aliphatic heterocycles. The normalized spacial score (nSPS) is 38.6. The molecule has 4 rings (SSSR count). The van der Waals surface area contributed by atoms with E-state index in [1.807, 2.05) is 0 Å². The second kappa shape index (κ2) is 8.47. The Hall–Kier alpha value is -1.88. The molecule has 1 fully saturated rings. The molecule has 0 aromatic heterocycles. The van der Waals surface area contributed by atoms with E-state index in [2.05, 4.69) is 31.1 Å². The SMILES string of the molecule is O=C(NCC1CC(F)=CC(Cl)C1)C1=NNC2=NC=NC(N[C@@H]3CC[C@@H](O)[C@H]3O)C21. The Morgan fingerprint density at radius 3 is 2.93 bits per heavy atom. The summed E-state index contributed by atoms with van der Waals surface area (Å²) >= 11 is 6.02.